The van der Waals surface area contributed by atoms with Gasteiger partial charge >= 0.3 is 5.97 Å². The Kier molecular flexibility index (Phi) is 7.25. The number of hydrogen-bond acceptors (Lipinski definition) is 5. The molecule has 3 rings (SSSR count). The van der Waals surface area contributed by atoms with Crippen molar-refractivity contribution in [2.75, 3.05) is 12.3 Å². The first-order valence-electron chi connectivity index (χ1n) is 10.7. The van der Waals surface area contributed by atoms with Crippen molar-refractivity contribution in [3.63, 3.8) is 0 Å². The highest BCUT2D eigenvalue weighted by Gasteiger charge is 2.34. The molecule has 1 heterocycles. The SMILES string of the molecule is CCCCC(=O)NC(=O)c1ccc(-c2ccc(C(=O)N3CCC[C@H]3C(=O)O)cc2N)cc1. The van der Waals surface area contributed by atoms with Gasteiger partial charge in [0, 0.05) is 35.3 Å². The minimum absolute atomic E-state index is 0.298. The zero-order valence-corrected chi connectivity index (χ0v) is 18.0. The Morgan fingerprint density at radius 3 is 2.41 bits per heavy atom. The molecule has 1 aliphatic heterocycles. The van der Waals surface area contributed by atoms with Crippen LogP contribution in [0.3, 0.4) is 0 Å². The van der Waals surface area contributed by atoms with Crippen molar-refractivity contribution in [1.29, 1.82) is 0 Å². The summed E-state index contributed by atoms with van der Waals surface area (Å²) in [6.45, 7) is 2.38. The number of anilines is 1. The van der Waals surface area contributed by atoms with E-state index >= 15 is 0 Å². The molecule has 4 N–H and O–H groups in total. The van der Waals surface area contributed by atoms with Crippen LogP contribution >= 0.6 is 0 Å². The summed E-state index contributed by atoms with van der Waals surface area (Å²) in [5.74, 6) is -2.11. The van der Waals surface area contributed by atoms with Gasteiger partial charge in [0.15, 0.2) is 0 Å². The number of nitrogen functional groups attached to an aromatic ring is 1. The van der Waals surface area contributed by atoms with Gasteiger partial charge in [-0.05, 0) is 49.1 Å². The van der Waals surface area contributed by atoms with Crippen LogP contribution in [-0.4, -0.2) is 46.3 Å². The van der Waals surface area contributed by atoms with Gasteiger partial charge in [-0.1, -0.05) is 31.5 Å². The molecule has 32 heavy (non-hydrogen) atoms. The molecule has 0 radical (unpaired) electrons. The molecular weight excluding hydrogens is 410 g/mol. The number of benzene rings is 2. The Balaban J connectivity index is 1.72. The number of nitrogens with zero attached hydrogens (tertiary/aromatic N) is 1. The van der Waals surface area contributed by atoms with E-state index in [1.54, 1.807) is 42.5 Å². The number of nitrogens with two attached hydrogens (primary N) is 1. The van der Waals surface area contributed by atoms with Crippen molar-refractivity contribution in [1.82, 2.24) is 10.2 Å². The van der Waals surface area contributed by atoms with Gasteiger partial charge in [0.1, 0.15) is 6.04 Å². The number of rotatable bonds is 7. The number of carbonyl (C=O) groups is 4. The van der Waals surface area contributed by atoms with Crippen LogP contribution in [0.25, 0.3) is 11.1 Å². The number of nitrogens with one attached hydrogen (secondary N) is 1. The van der Waals surface area contributed by atoms with E-state index in [0.717, 1.165) is 18.4 Å². The molecule has 2 aromatic rings. The molecule has 3 amide bonds. The third kappa shape index (κ3) is 5.14. The molecule has 1 fully saturated rings. The molecule has 1 atom stereocenters. The number of likely N-dealkylation sites (tertiary alicyclic amines) is 1. The maximum Gasteiger partial charge on any atom is 0.326 e. The predicted molar refractivity (Wildman–Crippen MR) is 120 cm³/mol. The van der Waals surface area contributed by atoms with Crippen molar-refractivity contribution in [3.8, 4) is 11.1 Å². The van der Waals surface area contributed by atoms with Gasteiger partial charge in [-0.2, -0.15) is 0 Å². The molecule has 0 saturated carbocycles. The van der Waals surface area contributed by atoms with Crippen molar-refractivity contribution in [2.24, 2.45) is 0 Å². The average Bonchev–Trinajstić information content (AvgIpc) is 3.27. The topological polar surface area (TPSA) is 130 Å². The first-order chi connectivity index (χ1) is 15.3. The van der Waals surface area contributed by atoms with Crippen molar-refractivity contribution >= 4 is 29.4 Å². The zero-order valence-electron chi connectivity index (χ0n) is 18.0. The van der Waals surface area contributed by atoms with Gasteiger partial charge in [0.25, 0.3) is 11.8 Å². The van der Waals surface area contributed by atoms with Gasteiger partial charge in [0.2, 0.25) is 5.91 Å². The first kappa shape index (κ1) is 23.0. The summed E-state index contributed by atoms with van der Waals surface area (Å²) in [5, 5.41) is 11.7. The second kappa shape index (κ2) is 10.1. The Morgan fingerprint density at radius 2 is 1.78 bits per heavy atom. The Morgan fingerprint density at radius 1 is 1.09 bits per heavy atom. The van der Waals surface area contributed by atoms with E-state index in [2.05, 4.69) is 5.32 Å². The lowest BCUT2D eigenvalue weighted by molar-refractivity contribution is -0.141. The molecule has 8 nitrogen and oxygen atoms in total. The zero-order chi connectivity index (χ0) is 23.3. The normalized spacial score (nSPS) is 15.4. The minimum Gasteiger partial charge on any atom is -0.480 e. The number of unbranched alkanes of at least 4 members (excludes halogenated alkanes) is 1. The molecule has 0 aromatic heterocycles. The van der Waals surface area contributed by atoms with E-state index in [-0.39, 0.29) is 11.8 Å². The van der Waals surface area contributed by atoms with E-state index in [4.69, 9.17) is 5.73 Å². The molecule has 0 spiro atoms. The van der Waals surface area contributed by atoms with E-state index in [0.29, 0.717) is 48.2 Å². The molecule has 0 bridgehead atoms. The Bertz CT molecular complexity index is 1030. The monoisotopic (exact) mass is 437 g/mol. The summed E-state index contributed by atoms with van der Waals surface area (Å²) in [4.78, 5) is 49.5. The molecule has 8 heteroatoms. The molecule has 1 saturated heterocycles. The van der Waals surface area contributed by atoms with Crippen LogP contribution in [0.4, 0.5) is 5.69 Å². The summed E-state index contributed by atoms with van der Waals surface area (Å²) in [7, 11) is 0. The smallest absolute Gasteiger partial charge is 0.326 e. The van der Waals surface area contributed by atoms with Gasteiger partial charge in [-0.3, -0.25) is 19.7 Å². The Hall–Kier alpha value is -3.68. The highest BCUT2D eigenvalue weighted by atomic mass is 16.4. The molecular formula is C24H27N3O5. The van der Waals surface area contributed by atoms with Crippen LogP contribution in [0.5, 0.6) is 0 Å². The maximum absolute atomic E-state index is 12.8. The number of imide groups is 1. The average molecular weight is 437 g/mol. The number of carboxylic acids is 1. The van der Waals surface area contributed by atoms with Gasteiger partial charge in [-0.25, -0.2) is 4.79 Å². The third-order valence-corrected chi connectivity index (χ3v) is 5.57. The van der Waals surface area contributed by atoms with Crippen LogP contribution < -0.4 is 11.1 Å². The van der Waals surface area contributed by atoms with E-state index < -0.39 is 17.9 Å². The third-order valence-electron chi connectivity index (χ3n) is 5.57. The quantitative estimate of drug-likeness (QED) is 0.571. The second-order valence-corrected chi connectivity index (χ2v) is 7.86. The summed E-state index contributed by atoms with van der Waals surface area (Å²) in [6.07, 6.45) is 3.01. The van der Waals surface area contributed by atoms with Crippen LogP contribution in [0.2, 0.25) is 0 Å². The number of hydrogen-bond donors (Lipinski definition) is 3. The van der Waals surface area contributed by atoms with Crippen LogP contribution in [-0.2, 0) is 9.59 Å². The number of carboxylic acid groups (broad SMARTS) is 1. The molecule has 2 aromatic carbocycles. The van der Waals surface area contributed by atoms with E-state index in [1.807, 2.05) is 6.92 Å². The van der Waals surface area contributed by atoms with E-state index in [1.165, 1.54) is 4.90 Å². The lowest BCUT2D eigenvalue weighted by Gasteiger charge is -2.22. The lowest BCUT2D eigenvalue weighted by atomic mass is 9.99. The van der Waals surface area contributed by atoms with Crippen LogP contribution in [0.1, 0.15) is 59.7 Å². The van der Waals surface area contributed by atoms with Crippen molar-refractivity contribution < 1.29 is 24.3 Å². The largest absolute Gasteiger partial charge is 0.480 e. The molecule has 0 unspecified atom stereocenters. The molecule has 0 aliphatic carbocycles. The first-order valence-corrected chi connectivity index (χ1v) is 10.7. The summed E-state index contributed by atoms with van der Waals surface area (Å²) in [6, 6.07) is 10.7. The molecule has 1 aliphatic rings. The highest BCUT2D eigenvalue weighted by Crippen LogP contribution is 2.29. The highest BCUT2D eigenvalue weighted by molar-refractivity contribution is 6.05. The van der Waals surface area contributed by atoms with Gasteiger partial charge in [0.05, 0.1) is 0 Å². The van der Waals surface area contributed by atoms with Gasteiger partial charge < -0.3 is 15.7 Å². The van der Waals surface area contributed by atoms with Gasteiger partial charge in [-0.15, -0.1) is 0 Å². The van der Waals surface area contributed by atoms with Crippen molar-refractivity contribution in [3.05, 3.63) is 53.6 Å². The fourth-order valence-electron chi connectivity index (χ4n) is 3.79. The maximum atomic E-state index is 12.8. The fraction of sp³-hybridized carbons (Fsp3) is 0.333. The second-order valence-electron chi connectivity index (χ2n) is 7.86. The predicted octanol–water partition coefficient (Wildman–Crippen LogP) is 3.07. The fourth-order valence-corrected chi connectivity index (χ4v) is 3.79. The number of carbonyl (C=O) groups excluding carboxylic acids is 3. The number of aliphatic carboxylic acids is 1. The lowest BCUT2D eigenvalue weighted by Crippen LogP contribution is -2.40. The van der Waals surface area contributed by atoms with E-state index in [9.17, 15) is 24.3 Å². The van der Waals surface area contributed by atoms with Crippen molar-refractivity contribution in [2.45, 2.75) is 45.1 Å². The summed E-state index contributed by atoms with van der Waals surface area (Å²) >= 11 is 0. The molecule has 168 valence electrons. The van der Waals surface area contributed by atoms with Crippen LogP contribution in [0.15, 0.2) is 42.5 Å². The number of amides is 3. The minimum atomic E-state index is -1.00. The standard InChI is InChI=1S/C24H27N3O5/c1-2-3-6-21(28)26-22(29)16-9-7-15(8-10-16)18-12-11-17(14-19(18)25)23(30)27-13-4-5-20(27)24(31)32/h7-12,14,20H,2-6,13,25H2,1H3,(H,31,32)(H,26,28,29)/t20-/m0/s1. The summed E-state index contributed by atoms with van der Waals surface area (Å²) in [5.41, 5.74) is 8.68. The summed E-state index contributed by atoms with van der Waals surface area (Å²) < 4.78 is 0. The van der Waals surface area contributed by atoms with Crippen LogP contribution in [0, 0.1) is 0 Å². The Labute approximate surface area is 186 Å².